The number of fused-ring (bicyclic) bond motifs is 1. The van der Waals surface area contributed by atoms with Gasteiger partial charge in [-0.05, 0) is 18.6 Å². The zero-order chi connectivity index (χ0) is 14.1. The van der Waals surface area contributed by atoms with Gasteiger partial charge in [0.2, 0.25) is 0 Å². The molecule has 1 aliphatic rings. The highest BCUT2D eigenvalue weighted by Gasteiger charge is 2.24. The van der Waals surface area contributed by atoms with Gasteiger partial charge in [-0.1, -0.05) is 6.07 Å². The smallest absolute Gasteiger partial charge is 0.266 e. The van der Waals surface area contributed by atoms with E-state index in [-0.39, 0.29) is 17.4 Å². The van der Waals surface area contributed by atoms with E-state index in [1.54, 1.807) is 17.0 Å². The molecule has 1 saturated heterocycles. The van der Waals surface area contributed by atoms with E-state index in [9.17, 15) is 9.18 Å². The predicted molar refractivity (Wildman–Crippen MR) is 77.5 cm³/mol. The van der Waals surface area contributed by atoms with Gasteiger partial charge in [0, 0.05) is 24.4 Å². The third-order valence-electron chi connectivity index (χ3n) is 3.41. The number of ether oxygens (including phenoxy) is 1. The molecule has 6 heteroatoms. The van der Waals surface area contributed by atoms with Crippen molar-refractivity contribution >= 4 is 33.0 Å². The van der Waals surface area contributed by atoms with Crippen LogP contribution in [0.3, 0.4) is 0 Å². The lowest BCUT2D eigenvalue weighted by Crippen LogP contribution is -2.33. The number of carbonyl (C=O) groups is 1. The van der Waals surface area contributed by atoms with Gasteiger partial charge in [-0.2, -0.15) is 0 Å². The molecule has 2 N–H and O–H groups in total. The van der Waals surface area contributed by atoms with Crippen LogP contribution in [0.1, 0.15) is 16.1 Å². The lowest BCUT2D eigenvalue weighted by molar-refractivity contribution is 0.0747. The summed E-state index contributed by atoms with van der Waals surface area (Å²) in [6, 6.07) is 4.77. The Labute approximate surface area is 119 Å². The summed E-state index contributed by atoms with van der Waals surface area (Å²) in [4.78, 5) is 14.7. The fourth-order valence-corrected chi connectivity index (χ4v) is 3.49. The Balaban J connectivity index is 1.99. The van der Waals surface area contributed by atoms with Crippen molar-refractivity contribution in [3.8, 4) is 0 Å². The number of halogens is 1. The fraction of sp³-hybridized carbons (Fsp3) is 0.357. The Morgan fingerprint density at radius 1 is 1.35 bits per heavy atom. The lowest BCUT2D eigenvalue weighted by Gasteiger charge is -2.18. The molecule has 0 radical (unpaired) electrons. The van der Waals surface area contributed by atoms with E-state index in [4.69, 9.17) is 10.5 Å². The van der Waals surface area contributed by atoms with Gasteiger partial charge in [-0.25, -0.2) is 4.39 Å². The standard InChI is InChI=1S/C14H15FN2O2S/c15-9-3-1-4-10-11(9)12(16)13(20-10)14(18)17-5-2-7-19-8-6-17/h1,3-4H,2,5-8,16H2. The summed E-state index contributed by atoms with van der Waals surface area (Å²) in [7, 11) is 0. The average Bonchev–Trinajstić information content (AvgIpc) is 2.65. The molecular weight excluding hydrogens is 279 g/mol. The summed E-state index contributed by atoms with van der Waals surface area (Å²) >= 11 is 1.25. The molecule has 2 aromatic rings. The van der Waals surface area contributed by atoms with Crippen molar-refractivity contribution in [2.45, 2.75) is 6.42 Å². The molecule has 1 aromatic heterocycles. The number of nitrogen functional groups attached to an aromatic ring is 1. The Hall–Kier alpha value is -1.66. The van der Waals surface area contributed by atoms with E-state index >= 15 is 0 Å². The maximum Gasteiger partial charge on any atom is 0.266 e. The van der Waals surface area contributed by atoms with Gasteiger partial charge in [0.25, 0.3) is 5.91 Å². The Bertz CT molecular complexity index is 648. The SMILES string of the molecule is Nc1c(C(=O)N2CCCOCC2)sc2cccc(F)c12. The molecule has 0 saturated carbocycles. The molecule has 0 aliphatic carbocycles. The maximum atomic E-state index is 13.8. The normalized spacial score (nSPS) is 16.4. The van der Waals surface area contributed by atoms with Crippen LogP contribution in [0.2, 0.25) is 0 Å². The number of amides is 1. The average molecular weight is 294 g/mol. The number of anilines is 1. The van der Waals surface area contributed by atoms with Crippen LogP contribution in [-0.2, 0) is 4.74 Å². The molecule has 0 bridgehead atoms. The maximum absolute atomic E-state index is 13.8. The van der Waals surface area contributed by atoms with Gasteiger partial charge in [0.15, 0.2) is 0 Å². The van der Waals surface area contributed by atoms with Crippen molar-refractivity contribution in [1.29, 1.82) is 0 Å². The first-order valence-corrected chi connectivity index (χ1v) is 7.33. The van der Waals surface area contributed by atoms with Crippen molar-refractivity contribution in [3.63, 3.8) is 0 Å². The topological polar surface area (TPSA) is 55.6 Å². The van der Waals surface area contributed by atoms with Crippen molar-refractivity contribution in [1.82, 2.24) is 4.90 Å². The minimum atomic E-state index is -0.380. The number of thiophene rings is 1. The molecule has 3 rings (SSSR count). The molecule has 0 spiro atoms. The minimum Gasteiger partial charge on any atom is -0.397 e. The van der Waals surface area contributed by atoms with Crippen LogP contribution >= 0.6 is 11.3 Å². The second-order valence-electron chi connectivity index (χ2n) is 4.72. The summed E-state index contributed by atoms with van der Waals surface area (Å²) in [5, 5.41) is 0.354. The van der Waals surface area contributed by atoms with E-state index in [2.05, 4.69) is 0 Å². The van der Waals surface area contributed by atoms with E-state index in [1.165, 1.54) is 17.4 Å². The second kappa shape index (κ2) is 5.38. The molecule has 20 heavy (non-hydrogen) atoms. The van der Waals surface area contributed by atoms with Crippen molar-refractivity contribution in [2.24, 2.45) is 0 Å². The first-order valence-electron chi connectivity index (χ1n) is 6.52. The molecule has 1 aromatic carbocycles. The monoisotopic (exact) mass is 294 g/mol. The Morgan fingerprint density at radius 3 is 3.00 bits per heavy atom. The van der Waals surface area contributed by atoms with Gasteiger partial charge in [-0.3, -0.25) is 4.79 Å². The van der Waals surface area contributed by atoms with Crippen LogP contribution in [0.15, 0.2) is 18.2 Å². The number of rotatable bonds is 1. The zero-order valence-electron chi connectivity index (χ0n) is 10.9. The molecule has 0 atom stereocenters. The van der Waals surface area contributed by atoms with Gasteiger partial charge in [0.05, 0.1) is 17.7 Å². The number of nitrogens with two attached hydrogens (primary N) is 1. The van der Waals surface area contributed by atoms with Gasteiger partial charge < -0.3 is 15.4 Å². The number of benzene rings is 1. The van der Waals surface area contributed by atoms with E-state index < -0.39 is 0 Å². The Kier molecular flexibility index (Phi) is 3.58. The highest BCUT2D eigenvalue weighted by Crippen LogP contribution is 2.36. The summed E-state index contributed by atoms with van der Waals surface area (Å²) in [6.07, 6.45) is 0.810. The highest BCUT2D eigenvalue weighted by atomic mass is 32.1. The first kappa shape index (κ1) is 13.3. The quantitative estimate of drug-likeness (QED) is 0.879. The molecule has 2 heterocycles. The summed E-state index contributed by atoms with van der Waals surface area (Å²) in [5.74, 6) is -0.511. The van der Waals surface area contributed by atoms with Crippen molar-refractivity contribution in [3.05, 3.63) is 28.9 Å². The third-order valence-corrected chi connectivity index (χ3v) is 4.56. The first-order chi connectivity index (χ1) is 9.68. The molecule has 0 unspecified atom stereocenters. The largest absolute Gasteiger partial charge is 0.397 e. The number of nitrogens with zero attached hydrogens (tertiary/aromatic N) is 1. The van der Waals surface area contributed by atoms with Gasteiger partial charge >= 0.3 is 0 Å². The van der Waals surface area contributed by atoms with Crippen LogP contribution < -0.4 is 5.73 Å². The zero-order valence-corrected chi connectivity index (χ0v) is 11.7. The summed E-state index contributed by atoms with van der Waals surface area (Å²) in [6.45, 7) is 2.40. The number of hydrogen-bond acceptors (Lipinski definition) is 4. The fourth-order valence-electron chi connectivity index (χ4n) is 2.38. The van der Waals surface area contributed by atoms with E-state index in [0.717, 1.165) is 6.42 Å². The number of carbonyl (C=O) groups excluding carboxylic acids is 1. The van der Waals surface area contributed by atoms with Crippen LogP contribution in [0, 0.1) is 5.82 Å². The molecule has 1 aliphatic heterocycles. The molecule has 4 nitrogen and oxygen atoms in total. The van der Waals surface area contributed by atoms with Gasteiger partial charge in [-0.15, -0.1) is 11.3 Å². The number of hydrogen-bond donors (Lipinski definition) is 1. The third kappa shape index (κ3) is 2.25. The molecule has 1 amide bonds. The Morgan fingerprint density at radius 2 is 2.20 bits per heavy atom. The highest BCUT2D eigenvalue weighted by molar-refractivity contribution is 7.21. The second-order valence-corrected chi connectivity index (χ2v) is 5.77. The summed E-state index contributed by atoms with van der Waals surface area (Å²) in [5.41, 5.74) is 6.23. The van der Waals surface area contributed by atoms with E-state index in [1.807, 2.05) is 0 Å². The molecular formula is C14H15FN2O2S. The van der Waals surface area contributed by atoms with Crippen LogP contribution in [0.25, 0.3) is 10.1 Å². The lowest BCUT2D eigenvalue weighted by atomic mass is 10.2. The van der Waals surface area contributed by atoms with Crippen molar-refractivity contribution in [2.75, 3.05) is 32.0 Å². The van der Waals surface area contributed by atoms with Gasteiger partial charge in [0.1, 0.15) is 10.7 Å². The minimum absolute atomic E-state index is 0.131. The predicted octanol–water partition coefficient (Wildman–Crippen LogP) is 2.49. The molecule has 106 valence electrons. The van der Waals surface area contributed by atoms with E-state index in [0.29, 0.717) is 41.3 Å². The van der Waals surface area contributed by atoms with Crippen molar-refractivity contribution < 1.29 is 13.9 Å². The van der Waals surface area contributed by atoms with Crippen LogP contribution in [0.4, 0.5) is 10.1 Å². The molecule has 1 fully saturated rings. The van der Waals surface area contributed by atoms with Crippen LogP contribution in [0.5, 0.6) is 0 Å². The van der Waals surface area contributed by atoms with Crippen LogP contribution in [-0.4, -0.2) is 37.1 Å². The summed E-state index contributed by atoms with van der Waals surface area (Å²) < 4.78 is 19.9.